The van der Waals surface area contributed by atoms with Crippen molar-refractivity contribution in [3.8, 4) is 0 Å². The summed E-state index contributed by atoms with van der Waals surface area (Å²) < 4.78 is 0.757. The van der Waals surface area contributed by atoms with Crippen molar-refractivity contribution in [3.63, 3.8) is 0 Å². The Bertz CT molecular complexity index is 73.6. The van der Waals surface area contributed by atoms with Crippen molar-refractivity contribution >= 4 is 0 Å². The first-order chi connectivity index (χ1) is 4.02. The molecule has 2 N–H and O–H groups in total. The maximum absolute atomic E-state index is 5.05. The highest BCUT2D eigenvalue weighted by atomic mass is 16.6. The summed E-state index contributed by atoms with van der Waals surface area (Å²) in [6.07, 6.45) is 1.06. The summed E-state index contributed by atoms with van der Waals surface area (Å²) in [4.78, 5) is 4.74. The molecule has 0 fully saturated rings. The van der Waals surface area contributed by atoms with Crippen LogP contribution in [-0.4, -0.2) is 31.9 Å². The van der Waals surface area contributed by atoms with Crippen LogP contribution in [0.1, 0.15) is 13.3 Å². The van der Waals surface area contributed by atoms with Crippen molar-refractivity contribution in [2.75, 3.05) is 21.1 Å². The van der Waals surface area contributed by atoms with Gasteiger partial charge in [-0.3, -0.25) is 0 Å². The van der Waals surface area contributed by atoms with Gasteiger partial charge in [-0.15, -0.1) is 0 Å². The van der Waals surface area contributed by atoms with Gasteiger partial charge in [-0.25, -0.2) is 10.7 Å². The lowest BCUT2D eigenvalue weighted by molar-refractivity contribution is -0.920. The minimum Gasteiger partial charge on any atom is -0.305 e. The predicted octanol–water partition coefficient (Wildman–Crippen LogP) is 0.319. The van der Waals surface area contributed by atoms with Crippen molar-refractivity contribution in [3.05, 3.63) is 0 Å². The van der Waals surface area contributed by atoms with Crippen molar-refractivity contribution in [1.82, 2.24) is 0 Å². The fourth-order valence-electron chi connectivity index (χ4n) is 0.827. The van der Waals surface area contributed by atoms with Crippen LogP contribution in [0.25, 0.3) is 0 Å². The van der Waals surface area contributed by atoms with Crippen LogP contribution < -0.4 is 5.90 Å². The molecular weight excluding hydrogens is 116 g/mol. The zero-order valence-corrected chi connectivity index (χ0v) is 6.72. The molecule has 0 aromatic rings. The lowest BCUT2D eigenvalue weighted by Gasteiger charge is -2.30. The molecule has 0 aromatic heterocycles. The van der Waals surface area contributed by atoms with E-state index in [1.54, 1.807) is 0 Å². The number of rotatable bonds is 3. The molecule has 0 saturated carbocycles. The van der Waals surface area contributed by atoms with E-state index < -0.39 is 0 Å². The van der Waals surface area contributed by atoms with E-state index in [9.17, 15) is 0 Å². The van der Waals surface area contributed by atoms with Gasteiger partial charge in [-0.1, -0.05) is 6.92 Å². The molecule has 0 amide bonds. The second-order valence-corrected chi connectivity index (χ2v) is 3.12. The van der Waals surface area contributed by atoms with Crippen LogP contribution in [0.3, 0.4) is 0 Å². The third kappa shape index (κ3) is 2.79. The van der Waals surface area contributed by atoms with Gasteiger partial charge in [0.15, 0.2) is 0 Å². The Morgan fingerprint density at radius 2 is 1.89 bits per heavy atom. The maximum atomic E-state index is 5.05. The van der Waals surface area contributed by atoms with E-state index in [-0.39, 0.29) is 6.23 Å². The van der Waals surface area contributed by atoms with Gasteiger partial charge in [0.05, 0.1) is 21.1 Å². The van der Waals surface area contributed by atoms with Crippen LogP contribution in [0.15, 0.2) is 0 Å². The van der Waals surface area contributed by atoms with Gasteiger partial charge in [0.2, 0.25) is 6.23 Å². The summed E-state index contributed by atoms with van der Waals surface area (Å²) in [7, 11) is 6.17. The Hall–Kier alpha value is -0.120. The number of quaternary nitrogens is 1. The fraction of sp³-hybridized carbons (Fsp3) is 1.00. The minimum atomic E-state index is 0.116. The normalized spacial score (nSPS) is 15.7. The number of hydrogen-bond donors (Lipinski definition) is 1. The van der Waals surface area contributed by atoms with E-state index in [1.165, 1.54) is 0 Å². The average Bonchev–Trinajstić information content (AvgIpc) is 1.65. The van der Waals surface area contributed by atoms with Crippen LogP contribution in [0.2, 0.25) is 0 Å². The van der Waals surface area contributed by atoms with Crippen LogP contribution in [-0.2, 0) is 4.84 Å². The Labute approximate surface area is 56.9 Å². The third-order valence-corrected chi connectivity index (χ3v) is 1.37. The zero-order valence-electron chi connectivity index (χ0n) is 6.72. The second-order valence-electron chi connectivity index (χ2n) is 3.12. The van der Waals surface area contributed by atoms with Crippen molar-refractivity contribution in [1.29, 1.82) is 0 Å². The van der Waals surface area contributed by atoms with E-state index >= 15 is 0 Å². The topological polar surface area (TPSA) is 35.2 Å². The van der Waals surface area contributed by atoms with Gasteiger partial charge in [0, 0.05) is 6.42 Å². The maximum Gasteiger partial charge on any atom is 0.210 e. The van der Waals surface area contributed by atoms with Crippen molar-refractivity contribution in [2.45, 2.75) is 19.6 Å². The highest BCUT2D eigenvalue weighted by Crippen LogP contribution is 2.05. The third-order valence-electron chi connectivity index (χ3n) is 1.37. The summed E-state index contributed by atoms with van der Waals surface area (Å²) in [5.41, 5.74) is 0. The number of nitrogens with two attached hydrogens (primary N) is 1. The smallest absolute Gasteiger partial charge is 0.210 e. The summed E-state index contributed by atoms with van der Waals surface area (Å²) in [6.45, 7) is 2.06. The Morgan fingerprint density at radius 3 is 1.89 bits per heavy atom. The van der Waals surface area contributed by atoms with Crippen LogP contribution >= 0.6 is 0 Å². The average molecular weight is 133 g/mol. The fourth-order valence-corrected chi connectivity index (χ4v) is 0.827. The van der Waals surface area contributed by atoms with Gasteiger partial charge in [0.25, 0.3) is 0 Å². The molecule has 3 nitrogen and oxygen atoms in total. The molecule has 0 aromatic carbocycles. The van der Waals surface area contributed by atoms with Gasteiger partial charge in [0.1, 0.15) is 0 Å². The Balaban J connectivity index is 3.79. The molecule has 1 atom stereocenters. The first-order valence-electron chi connectivity index (χ1n) is 3.19. The highest BCUT2D eigenvalue weighted by molar-refractivity contribution is 4.34. The van der Waals surface area contributed by atoms with Gasteiger partial charge in [-0.2, -0.15) is 0 Å². The van der Waals surface area contributed by atoms with Gasteiger partial charge >= 0.3 is 0 Å². The minimum absolute atomic E-state index is 0.116. The first-order valence-corrected chi connectivity index (χ1v) is 3.19. The molecule has 9 heavy (non-hydrogen) atoms. The van der Waals surface area contributed by atoms with Gasteiger partial charge < -0.3 is 4.48 Å². The van der Waals surface area contributed by atoms with E-state index in [0.29, 0.717) is 0 Å². The molecule has 0 aliphatic rings. The van der Waals surface area contributed by atoms with Crippen molar-refractivity contribution < 1.29 is 9.32 Å². The molecule has 0 aliphatic carbocycles. The Morgan fingerprint density at radius 1 is 1.44 bits per heavy atom. The molecule has 1 unspecified atom stereocenters. The molecule has 56 valence electrons. The quantitative estimate of drug-likeness (QED) is 0.342. The molecule has 0 bridgehead atoms. The number of hydrogen-bond acceptors (Lipinski definition) is 2. The summed E-state index contributed by atoms with van der Waals surface area (Å²) in [5.74, 6) is 5.05. The van der Waals surface area contributed by atoms with Crippen LogP contribution in [0, 0.1) is 0 Å². The summed E-state index contributed by atoms with van der Waals surface area (Å²) in [5, 5.41) is 0. The molecule has 3 heteroatoms. The number of nitrogens with zero attached hydrogens (tertiary/aromatic N) is 1. The zero-order chi connectivity index (χ0) is 7.49. The van der Waals surface area contributed by atoms with Crippen LogP contribution in [0.5, 0.6) is 0 Å². The summed E-state index contributed by atoms with van der Waals surface area (Å²) >= 11 is 0. The predicted molar refractivity (Wildman–Crippen MR) is 37.4 cm³/mol. The molecule has 0 spiro atoms. The summed E-state index contributed by atoms with van der Waals surface area (Å²) in [6, 6.07) is 0. The first kappa shape index (κ1) is 8.88. The molecule has 0 heterocycles. The molecular formula is C6H17N2O+. The molecule has 0 rings (SSSR count). The standard InChI is InChI=1S/C6H17N2O/c1-5-6(9-7)8(2,3)4/h6H,5,7H2,1-4H3/q+1. The van der Waals surface area contributed by atoms with E-state index in [4.69, 9.17) is 10.7 Å². The van der Waals surface area contributed by atoms with Gasteiger partial charge in [-0.05, 0) is 0 Å². The van der Waals surface area contributed by atoms with E-state index in [0.717, 1.165) is 10.9 Å². The van der Waals surface area contributed by atoms with Crippen molar-refractivity contribution in [2.24, 2.45) is 5.90 Å². The molecule has 0 aliphatic heterocycles. The lowest BCUT2D eigenvalue weighted by Crippen LogP contribution is -2.47. The second kappa shape index (κ2) is 3.15. The lowest BCUT2D eigenvalue weighted by atomic mass is 10.3. The van der Waals surface area contributed by atoms with E-state index in [1.807, 2.05) is 0 Å². The van der Waals surface area contributed by atoms with Crippen LogP contribution in [0.4, 0.5) is 0 Å². The SMILES string of the molecule is CCC(ON)[N+](C)(C)C. The molecule has 0 radical (unpaired) electrons. The highest BCUT2D eigenvalue weighted by Gasteiger charge is 2.20. The monoisotopic (exact) mass is 133 g/mol. The Kier molecular flexibility index (Phi) is 3.11. The largest absolute Gasteiger partial charge is 0.305 e. The molecule has 0 saturated heterocycles. The van der Waals surface area contributed by atoms with E-state index in [2.05, 4.69) is 28.1 Å².